The lowest BCUT2D eigenvalue weighted by molar-refractivity contribution is 0.0697. The number of rotatable bonds is 5. The van der Waals surface area contributed by atoms with E-state index in [1.807, 2.05) is 18.2 Å². The highest BCUT2D eigenvalue weighted by Gasteiger charge is 2.24. The third kappa shape index (κ3) is 3.96. The van der Waals surface area contributed by atoms with Crippen molar-refractivity contribution in [3.8, 4) is 0 Å². The number of halogens is 1. The minimum Gasteiger partial charge on any atom is -0.478 e. The molecule has 0 radical (unpaired) electrons. The number of hydrogen-bond donors (Lipinski definition) is 1. The molecular formula is C19H20FNO2. The second kappa shape index (κ2) is 6.92. The zero-order valence-electron chi connectivity index (χ0n) is 12.9. The second-order valence-electron chi connectivity index (χ2n) is 6.10. The lowest BCUT2D eigenvalue weighted by Crippen LogP contribution is -2.30. The Balaban J connectivity index is 1.65. The van der Waals surface area contributed by atoms with Crippen molar-refractivity contribution in [3.05, 3.63) is 71.0 Å². The van der Waals surface area contributed by atoms with E-state index < -0.39 is 5.97 Å². The first-order chi connectivity index (χ1) is 11.1. The first-order valence-electron chi connectivity index (χ1n) is 7.92. The first-order valence-corrected chi connectivity index (χ1v) is 7.92. The van der Waals surface area contributed by atoms with E-state index in [1.54, 1.807) is 24.3 Å². The molecule has 120 valence electrons. The van der Waals surface area contributed by atoms with Gasteiger partial charge in [0.2, 0.25) is 0 Å². The summed E-state index contributed by atoms with van der Waals surface area (Å²) in [5.41, 5.74) is 2.45. The third-order valence-corrected chi connectivity index (χ3v) is 4.45. The van der Waals surface area contributed by atoms with Crippen LogP contribution in [0.1, 0.15) is 34.3 Å². The number of hydrogen-bond acceptors (Lipinski definition) is 2. The lowest BCUT2D eigenvalue weighted by atomic mass is 10.0. The summed E-state index contributed by atoms with van der Waals surface area (Å²) >= 11 is 0. The van der Waals surface area contributed by atoms with Crippen molar-refractivity contribution in [2.45, 2.75) is 31.8 Å². The van der Waals surface area contributed by atoms with E-state index in [4.69, 9.17) is 5.11 Å². The standard InChI is InChI=1S/C19H20FNO2/c20-17-4-1-3-15(11-17)12-18-5-2-10-21(18)13-14-6-8-16(9-7-14)19(22)23/h1,3-4,6-9,11,18H,2,5,10,12-13H2,(H,22,23). The van der Waals surface area contributed by atoms with Crippen molar-refractivity contribution in [2.24, 2.45) is 0 Å². The molecule has 0 spiro atoms. The monoisotopic (exact) mass is 313 g/mol. The second-order valence-corrected chi connectivity index (χ2v) is 6.10. The van der Waals surface area contributed by atoms with Crippen molar-refractivity contribution in [1.82, 2.24) is 4.90 Å². The Morgan fingerprint density at radius 1 is 1.17 bits per heavy atom. The Labute approximate surface area is 135 Å². The Hall–Kier alpha value is -2.20. The number of nitrogens with zero attached hydrogens (tertiary/aromatic N) is 1. The molecular weight excluding hydrogens is 293 g/mol. The topological polar surface area (TPSA) is 40.5 Å². The van der Waals surface area contributed by atoms with Crippen LogP contribution in [0.3, 0.4) is 0 Å². The Kier molecular flexibility index (Phi) is 4.72. The third-order valence-electron chi connectivity index (χ3n) is 4.45. The molecule has 0 aromatic heterocycles. The van der Waals surface area contributed by atoms with Crippen LogP contribution in [0.2, 0.25) is 0 Å². The van der Waals surface area contributed by atoms with Crippen molar-refractivity contribution >= 4 is 5.97 Å². The van der Waals surface area contributed by atoms with Crippen molar-refractivity contribution in [3.63, 3.8) is 0 Å². The molecule has 2 aromatic carbocycles. The number of likely N-dealkylation sites (tertiary alicyclic amines) is 1. The maximum absolute atomic E-state index is 13.3. The van der Waals surface area contributed by atoms with Gasteiger partial charge in [0.1, 0.15) is 5.82 Å². The van der Waals surface area contributed by atoms with Crippen molar-refractivity contribution in [2.75, 3.05) is 6.54 Å². The van der Waals surface area contributed by atoms with Gasteiger partial charge >= 0.3 is 5.97 Å². The fraction of sp³-hybridized carbons (Fsp3) is 0.316. The maximum Gasteiger partial charge on any atom is 0.335 e. The molecule has 2 aromatic rings. The zero-order valence-corrected chi connectivity index (χ0v) is 12.9. The van der Waals surface area contributed by atoms with E-state index in [-0.39, 0.29) is 5.82 Å². The number of benzene rings is 2. The molecule has 3 nitrogen and oxygen atoms in total. The molecule has 1 aliphatic rings. The molecule has 4 heteroatoms. The molecule has 0 aliphatic carbocycles. The fourth-order valence-corrected chi connectivity index (χ4v) is 3.26. The lowest BCUT2D eigenvalue weighted by Gasteiger charge is -2.24. The molecule has 1 aliphatic heterocycles. The highest BCUT2D eigenvalue weighted by molar-refractivity contribution is 5.87. The van der Waals surface area contributed by atoms with Crippen molar-refractivity contribution < 1.29 is 14.3 Å². The smallest absolute Gasteiger partial charge is 0.335 e. The Bertz CT molecular complexity index is 684. The summed E-state index contributed by atoms with van der Waals surface area (Å²) < 4.78 is 13.3. The van der Waals surface area contributed by atoms with E-state index in [0.717, 1.165) is 43.5 Å². The molecule has 1 unspecified atom stereocenters. The van der Waals surface area contributed by atoms with Crippen LogP contribution in [0.25, 0.3) is 0 Å². The van der Waals surface area contributed by atoms with Crippen LogP contribution in [-0.2, 0) is 13.0 Å². The van der Waals surface area contributed by atoms with E-state index in [2.05, 4.69) is 4.90 Å². The fourth-order valence-electron chi connectivity index (χ4n) is 3.26. The number of carboxylic acids is 1. The van der Waals surface area contributed by atoms with E-state index >= 15 is 0 Å². The summed E-state index contributed by atoms with van der Waals surface area (Å²) in [7, 11) is 0. The number of carboxylic acid groups (broad SMARTS) is 1. The van der Waals surface area contributed by atoms with Gasteiger partial charge in [-0.15, -0.1) is 0 Å². The molecule has 3 rings (SSSR count). The van der Waals surface area contributed by atoms with Gasteiger partial charge in [0, 0.05) is 12.6 Å². The quantitative estimate of drug-likeness (QED) is 0.914. The molecule has 1 saturated heterocycles. The van der Waals surface area contributed by atoms with E-state index in [0.29, 0.717) is 11.6 Å². The van der Waals surface area contributed by atoms with Gasteiger partial charge < -0.3 is 5.11 Å². The van der Waals surface area contributed by atoms with Crippen LogP contribution in [0, 0.1) is 5.82 Å². The van der Waals surface area contributed by atoms with Gasteiger partial charge in [-0.3, -0.25) is 4.90 Å². The minimum absolute atomic E-state index is 0.184. The van der Waals surface area contributed by atoms with Crippen LogP contribution in [-0.4, -0.2) is 28.6 Å². The van der Waals surface area contributed by atoms with Gasteiger partial charge in [0.15, 0.2) is 0 Å². The average molecular weight is 313 g/mol. The predicted octanol–water partition coefficient (Wildman–Crippen LogP) is 3.73. The summed E-state index contributed by atoms with van der Waals surface area (Å²) in [6, 6.07) is 14.3. The summed E-state index contributed by atoms with van der Waals surface area (Å²) in [6.07, 6.45) is 3.11. The predicted molar refractivity (Wildman–Crippen MR) is 86.9 cm³/mol. The van der Waals surface area contributed by atoms with Gasteiger partial charge in [-0.05, 0) is 61.2 Å². The SMILES string of the molecule is O=C(O)c1ccc(CN2CCCC2Cc2cccc(F)c2)cc1. The molecule has 1 heterocycles. The van der Waals surface area contributed by atoms with Gasteiger partial charge in [0.25, 0.3) is 0 Å². The normalized spacial score (nSPS) is 18.2. The first kappa shape index (κ1) is 15.7. The van der Waals surface area contributed by atoms with Crippen LogP contribution in [0.4, 0.5) is 4.39 Å². The highest BCUT2D eigenvalue weighted by atomic mass is 19.1. The van der Waals surface area contributed by atoms with Gasteiger partial charge in [0.05, 0.1) is 5.56 Å². The zero-order chi connectivity index (χ0) is 16.2. The summed E-state index contributed by atoms with van der Waals surface area (Å²) in [6.45, 7) is 1.83. The van der Waals surface area contributed by atoms with Crippen molar-refractivity contribution in [1.29, 1.82) is 0 Å². The van der Waals surface area contributed by atoms with Gasteiger partial charge in [-0.2, -0.15) is 0 Å². The Morgan fingerprint density at radius 3 is 2.65 bits per heavy atom. The van der Waals surface area contributed by atoms with Crippen LogP contribution in [0.5, 0.6) is 0 Å². The van der Waals surface area contributed by atoms with Gasteiger partial charge in [-0.25, -0.2) is 9.18 Å². The highest BCUT2D eigenvalue weighted by Crippen LogP contribution is 2.23. The molecule has 0 bridgehead atoms. The largest absolute Gasteiger partial charge is 0.478 e. The molecule has 23 heavy (non-hydrogen) atoms. The van der Waals surface area contributed by atoms with Crippen LogP contribution >= 0.6 is 0 Å². The molecule has 1 fully saturated rings. The summed E-state index contributed by atoms with van der Waals surface area (Å²) in [5.74, 6) is -1.09. The summed E-state index contributed by atoms with van der Waals surface area (Å²) in [5, 5.41) is 8.95. The molecule has 1 N–H and O–H groups in total. The molecule has 0 amide bonds. The maximum atomic E-state index is 13.3. The van der Waals surface area contributed by atoms with Crippen LogP contribution < -0.4 is 0 Å². The number of carbonyl (C=O) groups is 1. The summed E-state index contributed by atoms with van der Waals surface area (Å²) in [4.78, 5) is 13.3. The molecule has 1 atom stereocenters. The number of aromatic carboxylic acids is 1. The van der Waals surface area contributed by atoms with E-state index in [1.165, 1.54) is 6.07 Å². The van der Waals surface area contributed by atoms with Gasteiger partial charge in [-0.1, -0.05) is 24.3 Å². The van der Waals surface area contributed by atoms with E-state index in [9.17, 15) is 9.18 Å². The van der Waals surface area contributed by atoms with Crippen LogP contribution in [0.15, 0.2) is 48.5 Å². The molecule has 0 saturated carbocycles. The Morgan fingerprint density at radius 2 is 1.96 bits per heavy atom. The average Bonchev–Trinajstić information content (AvgIpc) is 2.95. The minimum atomic E-state index is -0.901.